The fourth-order valence-corrected chi connectivity index (χ4v) is 10.8. The molecule has 2 saturated carbocycles. The maximum absolute atomic E-state index is 10.5. The smallest absolute Gasteiger partial charge is 0.0995 e. The largest absolute Gasteiger partial charge is 0.308 e. The van der Waals surface area contributed by atoms with Crippen molar-refractivity contribution in [2.24, 2.45) is 10.8 Å². The second kappa shape index (κ2) is 6.10. The second-order valence-corrected chi connectivity index (χ2v) is 14.8. The van der Waals surface area contributed by atoms with Crippen molar-refractivity contribution in [2.75, 3.05) is 0 Å². The van der Waals surface area contributed by atoms with Crippen LogP contribution in [0.25, 0.3) is 38.1 Å². The van der Waals surface area contributed by atoms with Crippen LogP contribution in [0.5, 0.6) is 0 Å². The first-order valence-corrected chi connectivity index (χ1v) is 14.7. The molecule has 192 valence electrons. The zero-order valence-electron chi connectivity index (χ0n) is 23.7. The molecule has 0 aliphatic heterocycles. The van der Waals surface area contributed by atoms with Crippen molar-refractivity contribution in [2.45, 2.75) is 89.9 Å². The molecule has 3 heteroatoms. The molecule has 2 aromatic heterocycles. The van der Waals surface area contributed by atoms with E-state index in [4.69, 9.17) is 0 Å². The quantitative estimate of drug-likeness (QED) is 0.210. The third kappa shape index (κ3) is 1.95. The van der Waals surface area contributed by atoms with Crippen LogP contribution in [0.4, 0.5) is 0 Å². The first-order chi connectivity index (χ1) is 18.5. The summed E-state index contributed by atoms with van der Waals surface area (Å²) in [4.78, 5) is 0. The van der Waals surface area contributed by atoms with Crippen LogP contribution < -0.4 is 0 Å². The van der Waals surface area contributed by atoms with E-state index in [2.05, 4.69) is 88.4 Å². The molecule has 4 bridgehead atoms. The standard InChI is InChI=1S/C36H33N3/c1-33(2)22-10-12-35(33,5)30-18(16-37)14-24-26(28(22)30)20-8-7-9-21-27-25(39(24)32(20)21)15-19(17-38)31-29(27)23-11-13-36(31,6)34(23,3)4/h7-9,14-15,22-23H,10-13H2,1-6H3. The molecule has 4 atom stereocenters. The van der Waals surface area contributed by atoms with Crippen molar-refractivity contribution in [3.8, 4) is 12.1 Å². The number of para-hydroxylation sites is 1. The minimum absolute atomic E-state index is 0.0232. The first kappa shape index (κ1) is 22.3. The lowest BCUT2D eigenvalue weighted by Gasteiger charge is -2.35. The van der Waals surface area contributed by atoms with Crippen LogP contribution in [0.3, 0.4) is 0 Å². The minimum atomic E-state index is 0.0232. The Morgan fingerprint density at radius 1 is 0.718 bits per heavy atom. The molecule has 2 heterocycles. The predicted molar refractivity (Wildman–Crippen MR) is 157 cm³/mol. The molecule has 0 saturated heterocycles. The van der Waals surface area contributed by atoms with Crippen LogP contribution in [0.15, 0.2) is 30.3 Å². The molecule has 0 spiro atoms. The van der Waals surface area contributed by atoms with Crippen LogP contribution in [-0.2, 0) is 10.8 Å². The van der Waals surface area contributed by atoms with Gasteiger partial charge in [-0.25, -0.2) is 0 Å². The van der Waals surface area contributed by atoms with Gasteiger partial charge in [0.1, 0.15) is 0 Å². The van der Waals surface area contributed by atoms with Gasteiger partial charge in [0.25, 0.3) is 0 Å². The number of nitriles is 2. The molecule has 39 heavy (non-hydrogen) atoms. The Hall–Kier alpha value is -3.56. The molecule has 5 aromatic rings. The van der Waals surface area contributed by atoms with E-state index >= 15 is 0 Å². The number of nitrogens with zero attached hydrogens (tertiary/aromatic N) is 3. The summed E-state index contributed by atoms with van der Waals surface area (Å²) in [6.45, 7) is 14.5. The number of aromatic nitrogens is 1. The van der Waals surface area contributed by atoms with E-state index in [-0.39, 0.29) is 21.7 Å². The Labute approximate surface area is 229 Å². The molecule has 3 nitrogen and oxygen atoms in total. The molecule has 0 amide bonds. The highest BCUT2D eigenvalue weighted by Crippen LogP contribution is 2.71. The number of fused-ring (bicyclic) bond motifs is 18. The van der Waals surface area contributed by atoms with Crippen LogP contribution in [-0.4, -0.2) is 4.40 Å². The van der Waals surface area contributed by atoms with Crippen molar-refractivity contribution >= 4 is 38.1 Å². The van der Waals surface area contributed by atoms with E-state index in [1.807, 2.05) is 0 Å². The lowest BCUT2D eigenvalue weighted by Crippen LogP contribution is -2.31. The van der Waals surface area contributed by atoms with Gasteiger partial charge in [0.15, 0.2) is 0 Å². The average molecular weight is 508 g/mol. The van der Waals surface area contributed by atoms with Crippen molar-refractivity contribution in [3.05, 3.63) is 63.7 Å². The van der Waals surface area contributed by atoms with E-state index in [1.165, 1.54) is 62.2 Å². The van der Waals surface area contributed by atoms with Gasteiger partial charge in [-0.05, 0) is 93.6 Å². The molecule has 2 fully saturated rings. The summed E-state index contributed by atoms with van der Waals surface area (Å²) in [6.07, 6.45) is 4.67. The molecular weight excluding hydrogens is 474 g/mol. The van der Waals surface area contributed by atoms with Gasteiger partial charge in [-0.15, -0.1) is 0 Å². The molecule has 0 radical (unpaired) electrons. The molecule has 0 N–H and O–H groups in total. The highest BCUT2D eigenvalue weighted by molar-refractivity contribution is 6.25. The molecular formula is C36H33N3. The van der Waals surface area contributed by atoms with Gasteiger partial charge in [0, 0.05) is 21.5 Å². The number of benzene rings is 3. The van der Waals surface area contributed by atoms with Crippen LogP contribution in [0.1, 0.15) is 112 Å². The maximum atomic E-state index is 10.5. The lowest BCUT2D eigenvalue weighted by molar-refractivity contribution is 0.231. The van der Waals surface area contributed by atoms with Gasteiger partial charge in [0.2, 0.25) is 0 Å². The third-order valence-electron chi connectivity index (χ3n) is 13.5. The molecule has 9 rings (SSSR count). The van der Waals surface area contributed by atoms with Crippen molar-refractivity contribution in [1.82, 2.24) is 4.40 Å². The summed E-state index contributed by atoms with van der Waals surface area (Å²) in [6, 6.07) is 16.5. The minimum Gasteiger partial charge on any atom is -0.308 e. The average Bonchev–Trinajstić information content (AvgIpc) is 3.64. The van der Waals surface area contributed by atoms with E-state index in [1.54, 1.807) is 0 Å². The maximum Gasteiger partial charge on any atom is 0.0995 e. The predicted octanol–water partition coefficient (Wildman–Crippen LogP) is 8.93. The van der Waals surface area contributed by atoms with Crippen LogP contribution in [0.2, 0.25) is 0 Å². The highest BCUT2D eigenvalue weighted by Gasteiger charge is 2.62. The van der Waals surface area contributed by atoms with Gasteiger partial charge in [-0.1, -0.05) is 59.7 Å². The summed E-state index contributed by atoms with van der Waals surface area (Å²) in [5.74, 6) is 0.919. The van der Waals surface area contributed by atoms with Gasteiger partial charge in [-0.3, -0.25) is 0 Å². The Morgan fingerprint density at radius 3 is 1.56 bits per heavy atom. The van der Waals surface area contributed by atoms with Crippen molar-refractivity contribution in [1.29, 1.82) is 10.5 Å². The summed E-state index contributed by atoms with van der Waals surface area (Å²) in [5.41, 5.74) is 11.0. The highest BCUT2D eigenvalue weighted by atomic mass is 14.9. The third-order valence-corrected chi connectivity index (χ3v) is 13.5. The second-order valence-electron chi connectivity index (χ2n) is 14.8. The number of hydrogen-bond donors (Lipinski definition) is 0. The number of rotatable bonds is 0. The van der Waals surface area contributed by atoms with E-state index in [0.717, 1.165) is 35.0 Å². The van der Waals surface area contributed by atoms with Crippen molar-refractivity contribution < 1.29 is 0 Å². The van der Waals surface area contributed by atoms with E-state index in [9.17, 15) is 10.5 Å². The molecule has 4 unspecified atom stereocenters. The zero-order valence-corrected chi connectivity index (χ0v) is 23.7. The van der Waals surface area contributed by atoms with Crippen LogP contribution in [0, 0.1) is 33.5 Å². The Bertz CT molecular complexity index is 1950. The monoisotopic (exact) mass is 507 g/mol. The fraction of sp³-hybridized carbons (Fsp3) is 0.444. The lowest BCUT2D eigenvalue weighted by atomic mass is 9.68. The summed E-state index contributed by atoms with van der Waals surface area (Å²) < 4.78 is 2.43. The number of hydrogen-bond acceptors (Lipinski definition) is 2. The Kier molecular flexibility index (Phi) is 3.49. The summed E-state index contributed by atoms with van der Waals surface area (Å²) in [7, 11) is 0. The Morgan fingerprint density at radius 2 is 1.15 bits per heavy atom. The Balaban J connectivity index is 1.53. The van der Waals surface area contributed by atoms with E-state index < -0.39 is 0 Å². The molecule has 4 aliphatic carbocycles. The normalized spacial score (nSPS) is 31.0. The first-order valence-electron chi connectivity index (χ1n) is 14.7. The van der Waals surface area contributed by atoms with Crippen molar-refractivity contribution in [3.63, 3.8) is 0 Å². The summed E-state index contributed by atoms with van der Waals surface area (Å²) >= 11 is 0. The van der Waals surface area contributed by atoms with Crippen LogP contribution >= 0.6 is 0 Å². The van der Waals surface area contributed by atoms with Gasteiger partial charge >= 0.3 is 0 Å². The molecule has 4 aliphatic rings. The van der Waals surface area contributed by atoms with Gasteiger partial charge in [0.05, 0.1) is 39.8 Å². The zero-order chi connectivity index (χ0) is 27.0. The van der Waals surface area contributed by atoms with Gasteiger partial charge < -0.3 is 4.40 Å². The summed E-state index contributed by atoms with van der Waals surface area (Å²) in [5, 5.41) is 26.3. The van der Waals surface area contributed by atoms with E-state index in [0.29, 0.717) is 11.8 Å². The molecule has 3 aromatic carbocycles. The SMILES string of the molecule is CC12CCC(c3c1c(C#N)cc1c3c3cccc4c5c6c(c(C#N)cc5n1c34)C1(C)CCC6C1(C)C)C2(C)C. The topological polar surface area (TPSA) is 52.0 Å². The van der Waals surface area contributed by atoms with Gasteiger partial charge in [-0.2, -0.15) is 10.5 Å². The fourth-order valence-electron chi connectivity index (χ4n) is 10.8.